The lowest BCUT2D eigenvalue weighted by Gasteiger charge is -2.42. The molecule has 1 atom stereocenters. The molecule has 184 valence electrons. The van der Waals surface area contributed by atoms with E-state index in [-0.39, 0.29) is 12.1 Å². The third-order valence-corrected chi connectivity index (χ3v) is 6.49. The normalized spacial score (nSPS) is 15.8. The van der Waals surface area contributed by atoms with Crippen LogP contribution in [0.15, 0.2) is 96.1 Å². The fourth-order valence-corrected chi connectivity index (χ4v) is 4.56. The van der Waals surface area contributed by atoms with Crippen LogP contribution in [0.25, 0.3) is 10.9 Å². The maximum Gasteiger partial charge on any atom is 0.322 e. The zero-order valence-electron chi connectivity index (χ0n) is 19.9. The van der Waals surface area contributed by atoms with Crippen LogP contribution in [0, 0.1) is 11.5 Å². The van der Waals surface area contributed by atoms with Crippen molar-refractivity contribution in [3.63, 3.8) is 0 Å². The number of amides is 2. The van der Waals surface area contributed by atoms with Crippen LogP contribution in [-0.4, -0.2) is 46.4 Å². The van der Waals surface area contributed by atoms with Gasteiger partial charge in [0.2, 0.25) is 5.96 Å². The molecule has 37 heavy (non-hydrogen) atoms. The molecule has 0 saturated carbocycles. The van der Waals surface area contributed by atoms with E-state index in [0.29, 0.717) is 42.0 Å². The average Bonchev–Trinajstić information content (AvgIpc) is 2.94. The van der Waals surface area contributed by atoms with Gasteiger partial charge < -0.3 is 15.1 Å². The molecular weight excluding hydrogens is 486 g/mol. The summed E-state index contributed by atoms with van der Waals surface area (Å²) >= 11 is 5.99. The van der Waals surface area contributed by atoms with Crippen molar-refractivity contribution in [3.8, 4) is 6.19 Å². The van der Waals surface area contributed by atoms with Crippen LogP contribution < -0.4 is 10.6 Å². The van der Waals surface area contributed by atoms with E-state index in [4.69, 9.17) is 16.6 Å². The smallest absolute Gasteiger partial charge is 0.322 e. The molecule has 9 heteroatoms. The molecule has 5 rings (SSSR count). The van der Waals surface area contributed by atoms with Gasteiger partial charge in [-0.05, 0) is 54.1 Å². The number of urea groups is 1. The molecular formula is C28H24ClN7O. The SMILES string of the molecule is N#CNC(=Nc1cccc2ncccc12)N1CCN(C(=O)Nc2ccc(Cl)cc2)C(c2ccccc2)C1. The molecule has 0 radical (unpaired) electrons. The fraction of sp³-hybridized carbons (Fsp3) is 0.143. The van der Waals surface area contributed by atoms with E-state index >= 15 is 0 Å². The number of piperazine rings is 1. The Morgan fingerprint density at radius 1 is 1.00 bits per heavy atom. The van der Waals surface area contributed by atoms with Crippen LogP contribution in [0.4, 0.5) is 16.2 Å². The number of anilines is 1. The molecule has 3 aromatic carbocycles. The lowest BCUT2D eigenvalue weighted by molar-refractivity contribution is 0.135. The number of fused-ring (bicyclic) bond motifs is 1. The molecule has 2 amide bonds. The van der Waals surface area contributed by atoms with Gasteiger partial charge in [0.15, 0.2) is 6.19 Å². The molecule has 1 unspecified atom stereocenters. The fourth-order valence-electron chi connectivity index (χ4n) is 4.43. The van der Waals surface area contributed by atoms with Crippen molar-refractivity contribution in [1.82, 2.24) is 20.1 Å². The third kappa shape index (κ3) is 5.47. The second-order valence-corrected chi connectivity index (χ2v) is 8.96. The van der Waals surface area contributed by atoms with Gasteiger partial charge in [-0.25, -0.2) is 9.79 Å². The van der Waals surface area contributed by atoms with Crippen LogP contribution in [0.1, 0.15) is 11.6 Å². The van der Waals surface area contributed by atoms with Crippen molar-refractivity contribution in [2.24, 2.45) is 4.99 Å². The predicted molar refractivity (Wildman–Crippen MR) is 146 cm³/mol. The Morgan fingerprint density at radius 3 is 2.59 bits per heavy atom. The number of halogens is 1. The monoisotopic (exact) mass is 509 g/mol. The van der Waals surface area contributed by atoms with E-state index in [1.807, 2.05) is 76.7 Å². The molecule has 4 aromatic rings. The minimum absolute atomic E-state index is 0.206. The number of guanidine groups is 1. The molecule has 8 nitrogen and oxygen atoms in total. The van der Waals surface area contributed by atoms with E-state index in [9.17, 15) is 10.1 Å². The minimum atomic E-state index is -0.262. The van der Waals surface area contributed by atoms with Gasteiger partial charge in [-0.3, -0.25) is 10.3 Å². The van der Waals surface area contributed by atoms with Gasteiger partial charge in [0, 0.05) is 41.9 Å². The Labute approximate surface area is 219 Å². The molecule has 1 aliphatic heterocycles. The predicted octanol–water partition coefficient (Wildman–Crippen LogP) is 5.54. The summed E-state index contributed by atoms with van der Waals surface area (Å²) < 4.78 is 0. The highest BCUT2D eigenvalue weighted by atomic mass is 35.5. The molecule has 1 saturated heterocycles. The second kappa shape index (κ2) is 11.0. The van der Waals surface area contributed by atoms with Crippen LogP contribution in [0.2, 0.25) is 5.02 Å². The van der Waals surface area contributed by atoms with Gasteiger partial charge in [0.1, 0.15) is 0 Å². The lowest BCUT2D eigenvalue weighted by atomic mass is 10.0. The molecule has 1 fully saturated rings. The number of nitrogens with zero attached hydrogens (tertiary/aromatic N) is 5. The van der Waals surface area contributed by atoms with Gasteiger partial charge in [-0.1, -0.05) is 48.0 Å². The van der Waals surface area contributed by atoms with Crippen LogP contribution >= 0.6 is 11.6 Å². The first-order valence-electron chi connectivity index (χ1n) is 11.8. The molecule has 2 N–H and O–H groups in total. The first-order chi connectivity index (χ1) is 18.1. The van der Waals surface area contributed by atoms with Crippen LogP contribution in [0.3, 0.4) is 0 Å². The highest BCUT2D eigenvalue weighted by Gasteiger charge is 2.33. The van der Waals surface area contributed by atoms with E-state index in [2.05, 4.69) is 15.6 Å². The van der Waals surface area contributed by atoms with Crippen molar-refractivity contribution in [2.75, 3.05) is 25.0 Å². The van der Waals surface area contributed by atoms with Gasteiger partial charge in [0.05, 0.1) is 17.2 Å². The van der Waals surface area contributed by atoms with E-state index < -0.39 is 0 Å². The third-order valence-electron chi connectivity index (χ3n) is 6.24. The summed E-state index contributed by atoms with van der Waals surface area (Å²) in [6.45, 7) is 1.38. The highest BCUT2D eigenvalue weighted by molar-refractivity contribution is 6.30. The maximum atomic E-state index is 13.3. The first kappa shape index (κ1) is 24.1. The Morgan fingerprint density at radius 2 is 1.81 bits per heavy atom. The molecule has 1 aliphatic rings. The summed E-state index contributed by atoms with van der Waals surface area (Å²) in [5, 5.41) is 16.7. The highest BCUT2D eigenvalue weighted by Crippen LogP contribution is 2.29. The molecule has 2 heterocycles. The van der Waals surface area contributed by atoms with Crippen LogP contribution in [-0.2, 0) is 0 Å². The summed E-state index contributed by atoms with van der Waals surface area (Å²) in [5.74, 6) is 0.428. The number of pyridine rings is 1. The largest absolute Gasteiger partial charge is 0.338 e. The number of nitriles is 1. The summed E-state index contributed by atoms with van der Waals surface area (Å²) in [6, 6.07) is 25.9. The number of rotatable bonds is 3. The van der Waals surface area contributed by atoms with E-state index in [1.165, 1.54) is 0 Å². The number of hydrogen-bond acceptors (Lipinski definition) is 4. The van der Waals surface area contributed by atoms with Gasteiger partial charge in [-0.15, -0.1) is 0 Å². The van der Waals surface area contributed by atoms with Gasteiger partial charge >= 0.3 is 6.03 Å². The summed E-state index contributed by atoms with van der Waals surface area (Å²) in [4.78, 5) is 26.4. The number of hydrogen-bond donors (Lipinski definition) is 2. The number of nitrogens with one attached hydrogen (secondary N) is 2. The van der Waals surface area contributed by atoms with Gasteiger partial charge in [-0.2, -0.15) is 5.26 Å². The topological polar surface area (TPSA) is 96.7 Å². The summed E-state index contributed by atoms with van der Waals surface area (Å²) in [6.07, 6.45) is 3.76. The minimum Gasteiger partial charge on any atom is -0.338 e. The lowest BCUT2D eigenvalue weighted by Crippen LogP contribution is -2.55. The Kier molecular flexibility index (Phi) is 7.15. The molecule has 0 bridgehead atoms. The van der Waals surface area contributed by atoms with Gasteiger partial charge in [0.25, 0.3) is 0 Å². The van der Waals surface area contributed by atoms with Crippen molar-refractivity contribution >= 4 is 45.9 Å². The molecule has 0 spiro atoms. The molecule has 0 aliphatic carbocycles. The second-order valence-electron chi connectivity index (χ2n) is 8.52. The number of aliphatic imine (C=N–C) groups is 1. The standard InChI is InChI=1S/C28H24ClN7O/c29-21-11-13-22(14-12-21)33-28(37)36-17-16-35(18-26(36)20-6-2-1-3-7-20)27(32-19-30)34-25-10-4-9-24-23(25)8-5-15-31-24/h1-15,26H,16-18H2,(H,32,34)(H,33,37). The van der Waals surface area contributed by atoms with Crippen molar-refractivity contribution in [1.29, 1.82) is 5.26 Å². The first-order valence-corrected chi connectivity index (χ1v) is 12.2. The zero-order valence-corrected chi connectivity index (χ0v) is 20.6. The Hall–Kier alpha value is -4.61. The van der Waals surface area contributed by atoms with Crippen LogP contribution in [0.5, 0.6) is 0 Å². The number of carbonyl (C=O) groups is 1. The number of benzene rings is 3. The quantitative estimate of drug-likeness (QED) is 0.164. The average molecular weight is 510 g/mol. The maximum absolute atomic E-state index is 13.3. The Bertz CT molecular complexity index is 1460. The molecule has 1 aromatic heterocycles. The van der Waals surface area contributed by atoms with E-state index in [1.54, 1.807) is 30.5 Å². The van der Waals surface area contributed by atoms with Crippen molar-refractivity contribution in [3.05, 3.63) is 102 Å². The summed E-state index contributed by atoms with van der Waals surface area (Å²) in [5.41, 5.74) is 3.19. The van der Waals surface area contributed by atoms with Crippen molar-refractivity contribution < 1.29 is 4.79 Å². The number of carbonyl (C=O) groups excluding carboxylic acids is 1. The van der Waals surface area contributed by atoms with Crippen molar-refractivity contribution in [2.45, 2.75) is 6.04 Å². The van der Waals surface area contributed by atoms with E-state index in [0.717, 1.165) is 16.5 Å². The number of aromatic nitrogens is 1. The zero-order chi connectivity index (χ0) is 25.6. The Balaban J connectivity index is 1.44. The summed E-state index contributed by atoms with van der Waals surface area (Å²) in [7, 11) is 0.